The maximum atomic E-state index is 12.9. The van der Waals surface area contributed by atoms with Crippen LogP contribution in [-0.4, -0.2) is 21.6 Å². The lowest BCUT2D eigenvalue weighted by Gasteiger charge is -2.25. The average molecular weight is 423 g/mol. The zero-order valence-corrected chi connectivity index (χ0v) is 16.6. The predicted octanol–water partition coefficient (Wildman–Crippen LogP) is 5.62. The van der Waals surface area contributed by atoms with Gasteiger partial charge in [-0.2, -0.15) is 0 Å². The lowest BCUT2D eigenvalue weighted by Crippen LogP contribution is -2.28. The summed E-state index contributed by atoms with van der Waals surface area (Å²) in [5, 5.41) is 9.09. The third kappa shape index (κ3) is 5.20. The number of carbonyl (C=O) groups excluding carboxylic acids is 1. The van der Waals surface area contributed by atoms with Crippen LogP contribution in [-0.2, 0) is 9.59 Å². The average Bonchev–Trinajstić information content (AvgIpc) is 3.47. The SMILES string of the molecule is O=C(O)CCC(C(=O)CCC=C1CC1)C1(Sc2ccccc2Br)CC1. The lowest BCUT2D eigenvalue weighted by molar-refractivity contribution is -0.137. The number of thioether (sulfide) groups is 1. The van der Waals surface area contributed by atoms with Gasteiger partial charge in [0.05, 0.1) is 0 Å². The van der Waals surface area contributed by atoms with Gasteiger partial charge < -0.3 is 5.11 Å². The molecule has 0 bridgehead atoms. The van der Waals surface area contributed by atoms with Gasteiger partial charge in [0.15, 0.2) is 0 Å². The summed E-state index contributed by atoms with van der Waals surface area (Å²) in [5.74, 6) is -0.756. The van der Waals surface area contributed by atoms with Crippen LogP contribution in [0.15, 0.2) is 45.3 Å². The van der Waals surface area contributed by atoms with Gasteiger partial charge in [-0.25, -0.2) is 0 Å². The van der Waals surface area contributed by atoms with Gasteiger partial charge in [0, 0.05) is 32.9 Å². The van der Waals surface area contributed by atoms with E-state index >= 15 is 0 Å². The summed E-state index contributed by atoms with van der Waals surface area (Å²) in [6.45, 7) is 0. The van der Waals surface area contributed by atoms with Gasteiger partial charge in [-0.05, 0) is 66.6 Å². The van der Waals surface area contributed by atoms with Gasteiger partial charge in [0.25, 0.3) is 0 Å². The summed E-state index contributed by atoms with van der Waals surface area (Å²) >= 11 is 5.33. The van der Waals surface area contributed by atoms with Crippen LogP contribution in [0.3, 0.4) is 0 Å². The second-order valence-electron chi connectivity index (χ2n) is 6.95. The molecular formula is C20H23BrO3S. The molecule has 134 valence electrons. The first-order chi connectivity index (χ1) is 12.0. The maximum Gasteiger partial charge on any atom is 0.303 e. The number of carboxylic acids is 1. The summed E-state index contributed by atoms with van der Waals surface area (Å²) in [5.41, 5.74) is 1.46. The first-order valence-corrected chi connectivity index (χ1v) is 10.5. The Morgan fingerprint density at radius 2 is 1.96 bits per heavy atom. The van der Waals surface area contributed by atoms with Crippen molar-refractivity contribution in [1.29, 1.82) is 0 Å². The number of aliphatic carboxylic acids is 1. The van der Waals surface area contributed by atoms with Crippen molar-refractivity contribution in [3.63, 3.8) is 0 Å². The quantitative estimate of drug-likeness (QED) is 0.496. The Labute approximate surface area is 161 Å². The molecule has 0 amide bonds. The molecular weight excluding hydrogens is 400 g/mol. The number of carbonyl (C=O) groups is 2. The molecule has 3 rings (SSSR count). The molecule has 0 spiro atoms. The number of hydrogen-bond donors (Lipinski definition) is 1. The molecule has 1 N–H and O–H groups in total. The van der Waals surface area contributed by atoms with Crippen molar-refractivity contribution in [2.45, 2.75) is 61.0 Å². The minimum Gasteiger partial charge on any atom is -0.481 e. The Balaban J connectivity index is 1.70. The van der Waals surface area contributed by atoms with Gasteiger partial charge in [-0.3, -0.25) is 9.59 Å². The van der Waals surface area contributed by atoms with Crippen molar-refractivity contribution >= 4 is 39.4 Å². The molecule has 2 aliphatic carbocycles. The number of ketones is 1. The molecule has 1 unspecified atom stereocenters. The molecule has 0 aliphatic heterocycles. The largest absolute Gasteiger partial charge is 0.481 e. The molecule has 0 heterocycles. The van der Waals surface area contributed by atoms with E-state index in [1.807, 2.05) is 18.2 Å². The number of allylic oxidation sites excluding steroid dienone is 2. The monoisotopic (exact) mass is 422 g/mol. The number of halogens is 1. The summed E-state index contributed by atoms with van der Waals surface area (Å²) < 4.78 is 0.914. The van der Waals surface area contributed by atoms with E-state index in [1.165, 1.54) is 18.4 Å². The lowest BCUT2D eigenvalue weighted by atomic mass is 9.90. The summed E-state index contributed by atoms with van der Waals surface area (Å²) in [6, 6.07) is 8.05. The van der Waals surface area contributed by atoms with Crippen molar-refractivity contribution in [2.75, 3.05) is 0 Å². The fourth-order valence-electron chi connectivity index (χ4n) is 3.25. The number of benzene rings is 1. The Morgan fingerprint density at radius 3 is 2.56 bits per heavy atom. The van der Waals surface area contributed by atoms with E-state index in [4.69, 9.17) is 5.11 Å². The standard InChI is InChI=1S/C20H23BrO3S/c21-16-5-1-2-7-18(16)25-20(12-13-20)15(10-11-19(23)24)17(22)6-3-4-14-8-9-14/h1-2,4-5,7,15H,3,6,8-13H2,(H,23,24). The molecule has 25 heavy (non-hydrogen) atoms. The van der Waals surface area contributed by atoms with Crippen molar-refractivity contribution in [3.8, 4) is 0 Å². The Hall–Kier alpha value is -1.07. The highest BCUT2D eigenvalue weighted by molar-refractivity contribution is 9.10. The van der Waals surface area contributed by atoms with E-state index in [2.05, 4.69) is 28.1 Å². The van der Waals surface area contributed by atoms with Gasteiger partial charge in [0.2, 0.25) is 0 Å². The van der Waals surface area contributed by atoms with E-state index in [-0.39, 0.29) is 22.9 Å². The second kappa shape index (κ2) is 8.09. The topological polar surface area (TPSA) is 54.4 Å². The van der Waals surface area contributed by atoms with Gasteiger partial charge in [-0.1, -0.05) is 23.8 Å². The van der Waals surface area contributed by atoms with Crippen molar-refractivity contribution in [1.82, 2.24) is 0 Å². The Morgan fingerprint density at radius 1 is 1.24 bits per heavy atom. The Kier molecular flexibility index (Phi) is 6.05. The molecule has 2 aliphatic rings. The summed E-state index contributed by atoms with van der Waals surface area (Å²) in [7, 11) is 0. The number of carboxylic acid groups (broad SMARTS) is 1. The maximum absolute atomic E-state index is 12.9. The zero-order valence-electron chi connectivity index (χ0n) is 14.2. The van der Waals surface area contributed by atoms with Crippen molar-refractivity contribution in [3.05, 3.63) is 40.4 Å². The first-order valence-electron chi connectivity index (χ1n) is 8.86. The molecule has 2 saturated carbocycles. The van der Waals surface area contributed by atoms with Crippen LogP contribution in [0.5, 0.6) is 0 Å². The van der Waals surface area contributed by atoms with Gasteiger partial charge >= 0.3 is 5.97 Å². The zero-order chi connectivity index (χ0) is 17.9. The van der Waals surface area contributed by atoms with Gasteiger partial charge in [-0.15, -0.1) is 11.8 Å². The highest BCUT2D eigenvalue weighted by Crippen LogP contribution is 2.59. The molecule has 2 fully saturated rings. The van der Waals surface area contributed by atoms with E-state index in [1.54, 1.807) is 11.8 Å². The molecule has 1 aromatic carbocycles. The number of hydrogen-bond acceptors (Lipinski definition) is 3. The van der Waals surface area contributed by atoms with Crippen LogP contribution in [0.1, 0.15) is 51.4 Å². The van der Waals surface area contributed by atoms with E-state index in [0.717, 1.165) is 28.6 Å². The Bertz CT molecular complexity index is 688. The van der Waals surface area contributed by atoms with Crippen molar-refractivity contribution in [2.24, 2.45) is 5.92 Å². The van der Waals surface area contributed by atoms with E-state index in [0.29, 0.717) is 12.8 Å². The fourth-order valence-corrected chi connectivity index (χ4v) is 5.22. The summed E-state index contributed by atoms with van der Waals surface area (Å²) in [6.07, 6.45) is 8.35. The molecule has 3 nitrogen and oxygen atoms in total. The van der Waals surface area contributed by atoms with Crippen LogP contribution in [0.25, 0.3) is 0 Å². The third-order valence-electron chi connectivity index (χ3n) is 4.93. The van der Waals surface area contributed by atoms with E-state index in [9.17, 15) is 9.59 Å². The van der Waals surface area contributed by atoms with Crippen LogP contribution in [0, 0.1) is 5.92 Å². The van der Waals surface area contributed by atoms with Crippen molar-refractivity contribution < 1.29 is 14.7 Å². The second-order valence-corrected chi connectivity index (χ2v) is 9.26. The molecule has 5 heteroatoms. The van der Waals surface area contributed by atoms with Crippen LogP contribution in [0.4, 0.5) is 0 Å². The van der Waals surface area contributed by atoms with Gasteiger partial charge in [0.1, 0.15) is 5.78 Å². The van der Waals surface area contributed by atoms with E-state index < -0.39 is 5.97 Å². The number of rotatable bonds is 10. The highest BCUT2D eigenvalue weighted by atomic mass is 79.9. The van der Waals surface area contributed by atoms with Crippen LogP contribution in [0.2, 0.25) is 0 Å². The summed E-state index contributed by atoms with van der Waals surface area (Å²) in [4.78, 5) is 25.1. The molecule has 1 atom stereocenters. The third-order valence-corrected chi connectivity index (χ3v) is 7.55. The normalized spacial score (nSPS) is 18.5. The predicted molar refractivity (Wildman–Crippen MR) is 104 cm³/mol. The smallest absolute Gasteiger partial charge is 0.303 e. The number of Topliss-reactive ketones (excluding diaryl/α,β-unsaturated/α-hetero) is 1. The fraction of sp³-hybridized carbons (Fsp3) is 0.500. The molecule has 0 aromatic heterocycles. The molecule has 0 radical (unpaired) electrons. The highest BCUT2D eigenvalue weighted by Gasteiger charge is 2.52. The minimum atomic E-state index is -0.820. The molecule has 0 saturated heterocycles. The minimum absolute atomic E-state index is 0.0652. The van der Waals surface area contributed by atoms with Crippen LogP contribution >= 0.6 is 27.7 Å². The first kappa shape index (κ1) is 18.7. The van der Waals surface area contributed by atoms with Crippen LogP contribution < -0.4 is 0 Å². The molecule has 1 aromatic rings.